The highest BCUT2D eigenvalue weighted by molar-refractivity contribution is 4.85. The number of unbranched alkanes of at least 4 members (excludes halogenated alkanes) is 1. The van der Waals surface area contributed by atoms with Crippen LogP contribution in [0.3, 0.4) is 0 Å². The summed E-state index contributed by atoms with van der Waals surface area (Å²) in [5.74, 6) is 0.935. The van der Waals surface area contributed by atoms with Gasteiger partial charge in [0.25, 0.3) is 0 Å². The van der Waals surface area contributed by atoms with Crippen LogP contribution in [0.2, 0.25) is 0 Å². The van der Waals surface area contributed by atoms with Gasteiger partial charge in [0, 0.05) is 25.2 Å². The summed E-state index contributed by atoms with van der Waals surface area (Å²) < 4.78 is 0. The van der Waals surface area contributed by atoms with Gasteiger partial charge in [0.1, 0.15) is 0 Å². The Balaban J connectivity index is 1.76. The first-order valence-electron chi connectivity index (χ1n) is 8.22. The van der Waals surface area contributed by atoms with E-state index in [0.717, 1.165) is 18.0 Å². The molecule has 0 aromatic carbocycles. The summed E-state index contributed by atoms with van der Waals surface area (Å²) in [6, 6.07) is 1.58. The van der Waals surface area contributed by atoms with Crippen molar-refractivity contribution < 1.29 is 0 Å². The van der Waals surface area contributed by atoms with Gasteiger partial charge in [-0.3, -0.25) is 0 Å². The van der Waals surface area contributed by atoms with Crippen LogP contribution < -0.4 is 5.32 Å². The van der Waals surface area contributed by atoms with Gasteiger partial charge in [0.2, 0.25) is 0 Å². The van der Waals surface area contributed by atoms with E-state index in [1.165, 1.54) is 70.9 Å². The van der Waals surface area contributed by atoms with Gasteiger partial charge in [-0.15, -0.1) is 0 Å². The van der Waals surface area contributed by atoms with Gasteiger partial charge in [-0.05, 0) is 38.6 Å². The van der Waals surface area contributed by atoms with Crippen molar-refractivity contribution in [3.8, 4) is 0 Å². The van der Waals surface area contributed by atoms with Crippen molar-refractivity contribution in [2.24, 2.45) is 5.92 Å². The van der Waals surface area contributed by atoms with Crippen molar-refractivity contribution in [2.75, 3.05) is 20.1 Å². The topological polar surface area (TPSA) is 15.3 Å². The molecule has 1 saturated heterocycles. The number of hydrogen-bond acceptors (Lipinski definition) is 2. The fourth-order valence-corrected chi connectivity index (χ4v) is 3.87. The summed E-state index contributed by atoms with van der Waals surface area (Å²) in [6.07, 6.45) is 12.8. The maximum atomic E-state index is 3.95. The number of rotatable bonds is 5. The zero-order valence-electron chi connectivity index (χ0n) is 12.5. The molecule has 1 N–H and O–H groups in total. The van der Waals surface area contributed by atoms with Gasteiger partial charge >= 0.3 is 0 Å². The van der Waals surface area contributed by atoms with Crippen LogP contribution in [0.15, 0.2) is 0 Å². The molecule has 1 saturated carbocycles. The predicted octanol–water partition coefficient (Wildman–Crippen LogP) is 3.42. The van der Waals surface area contributed by atoms with Gasteiger partial charge < -0.3 is 10.2 Å². The Morgan fingerprint density at radius 3 is 2.56 bits per heavy atom. The van der Waals surface area contributed by atoms with Crippen LogP contribution in [-0.2, 0) is 0 Å². The van der Waals surface area contributed by atoms with Gasteiger partial charge in [-0.2, -0.15) is 0 Å². The average molecular weight is 252 g/mol. The molecule has 1 aliphatic carbocycles. The van der Waals surface area contributed by atoms with E-state index in [2.05, 4.69) is 24.2 Å². The van der Waals surface area contributed by atoms with Crippen molar-refractivity contribution in [1.82, 2.24) is 10.2 Å². The van der Waals surface area contributed by atoms with Crippen LogP contribution in [0, 0.1) is 5.92 Å². The highest BCUT2D eigenvalue weighted by Gasteiger charge is 2.26. The van der Waals surface area contributed by atoms with Crippen molar-refractivity contribution in [3.05, 3.63) is 0 Å². The van der Waals surface area contributed by atoms with E-state index in [1.54, 1.807) is 0 Å². The van der Waals surface area contributed by atoms with E-state index in [0.29, 0.717) is 0 Å². The lowest BCUT2D eigenvalue weighted by atomic mass is 9.88. The molecule has 2 atom stereocenters. The van der Waals surface area contributed by atoms with Crippen molar-refractivity contribution >= 4 is 0 Å². The minimum atomic E-state index is 0.758. The molecule has 1 heterocycles. The monoisotopic (exact) mass is 252 g/mol. The number of likely N-dealkylation sites (tertiary alicyclic amines) is 1. The molecule has 0 aromatic rings. The van der Waals surface area contributed by atoms with Crippen molar-refractivity contribution in [3.63, 3.8) is 0 Å². The van der Waals surface area contributed by atoms with Crippen LogP contribution in [0.25, 0.3) is 0 Å². The van der Waals surface area contributed by atoms with Gasteiger partial charge in [-0.25, -0.2) is 0 Å². The molecule has 0 spiro atoms. The third-order valence-electron chi connectivity index (χ3n) is 4.76. The number of piperidine rings is 1. The predicted molar refractivity (Wildman–Crippen MR) is 78.9 cm³/mol. The molecule has 18 heavy (non-hydrogen) atoms. The first-order valence-corrected chi connectivity index (χ1v) is 8.22. The molecule has 2 nitrogen and oxygen atoms in total. The molecule has 2 unspecified atom stereocenters. The van der Waals surface area contributed by atoms with Gasteiger partial charge in [-0.1, -0.05) is 39.0 Å². The second-order valence-corrected chi connectivity index (χ2v) is 6.66. The molecular formula is C16H32N2. The zero-order valence-corrected chi connectivity index (χ0v) is 12.5. The Bertz CT molecular complexity index is 223. The second kappa shape index (κ2) is 7.49. The summed E-state index contributed by atoms with van der Waals surface area (Å²) >= 11 is 0. The Hall–Kier alpha value is -0.0800. The fraction of sp³-hybridized carbons (Fsp3) is 1.00. The smallest absolute Gasteiger partial charge is 0.0200 e. The molecule has 2 aliphatic rings. The van der Waals surface area contributed by atoms with E-state index in [-0.39, 0.29) is 0 Å². The van der Waals surface area contributed by atoms with E-state index < -0.39 is 0 Å². The van der Waals surface area contributed by atoms with Crippen molar-refractivity contribution in [2.45, 2.75) is 76.8 Å². The SMILES string of the molecule is CCCCC1CC(NC2CCCCC2)CN(C)C1. The molecule has 2 rings (SSSR count). The Morgan fingerprint density at radius 1 is 1.06 bits per heavy atom. The summed E-state index contributed by atoms with van der Waals surface area (Å²) in [5, 5.41) is 3.95. The highest BCUT2D eigenvalue weighted by Crippen LogP contribution is 2.24. The van der Waals surface area contributed by atoms with Crippen LogP contribution in [0.4, 0.5) is 0 Å². The molecule has 0 bridgehead atoms. The molecule has 106 valence electrons. The first kappa shape index (κ1) is 14.3. The van der Waals surface area contributed by atoms with E-state index in [9.17, 15) is 0 Å². The lowest BCUT2D eigenvalue weighted by Gasteiger charge is -2.38. The minimum Gasteiger partial charge on any atom is -0.310 e. The molecular weight excluding hydrogens is 220 g/mol. The quantitative estimate of drug-likeness (QED) is 0.806. The van der Waals surface area contributed by atoms with Crippen LogP contribution >= 0.6 is 0 Å². The molecule has 0 amide bonds. The lowest BCUT2D eigenvalue weighted by Crippen LogP contribution is -2.51. The Labute approximate surface area is 114 Å². The van der Waals surface area contributed by atoms with Gasteiger partial charge in [0.15, 0.2) is 0 Å². The van der Waals surface area contributed by atoms with Crippen LogP contribution in [0.1, 0.15) is 64.7 Å². The van der Waals surface area contributed by atoms with Crippen LogP contribution in [-0.4, -0.2) is 37.1 Å². The van der Waals surface area contributed by atoms with Crippen molar-refractivity contribution in [1.29, 1.82) is 0 Å². The third kappa shape index (κ3) is 4.55. The standard InChI is InChI=1S/C16H32N2/c1-3-4-8-14-11-16(13-18(2)12-14)17-15-9-6-5-7-10-15/h14-17H,3-13H2,1-2H3. The lowest BCUT2D eigenvalue weighted by molar-refractivity contribution is 0.148. The van der Waals surface area contributed by atoms with Crippen LogP contribution in [0.5, 0.6) is 0 Å². The number of likely N-dealkylation sites (N-methyl/N-ethyl adjacent to an activating group) is 1. The largest absolute Gasteiger partial charge is 0.310 e. The molecule has 2 fully saturated rings. The second-order valence-electron chi connectivity index (χ2n) is 6.66. The van der Waals surface area contributed by atoms with Gasteiger partial charge in [0.05, 0.1) is 0 Å². The Morgan fingerprint density at radius 2 is 1.83 bits per heavy atom. The highest BCUT2D eigenvalue weighted by atomic mass is 15.1. The van der Waals surface area contributed by atoms with E-state index in [1.807, 2.05) is 0 Å². The number of nitrogens with zero attached hydrogens (tertiary/aromatic N) is 1. The number of nitrogens with one attached hydrogen (secondary N) is 1. The third-order valence-corrected chi connectivity index (χ3v) is 4.76. The minimum absolute atomic E-state index is 0.758. The molecule has 2 heteroatoms. The van der Waals surface area contributed by atoms with E-state index in [4.69, 9.17) is 0 Å². The maximum Gasteiger partial charge on any atom is 0.0200 e. The summed E-state index contributed by atoms with van der Waals surface area (Å²) in [4.78, 5) is 2.55. The molecule has 1 aliphatic heterocycles. The molecule has 0 radical (unpaired) electrons. The summed E-state index contributed by atoms with van der Waals surface area (Å²) in [7, 11) is 2.30. The molecule has 0 aromatic heterocycles. The first-order chi connectivity index (χ1) is 8.78. The Kier molecular flexibility index (Phi) is 5.97. The normalized spacial score (nSPS) is 31.7. The summed E-state index contributed by atoms with van der Waals surface area (Å²) in [5.41, 5.74) is 0. The number of hydrogen-bond donors (Lipinski definition) is 1. The van der Waals surface area contributed by atoms with E-state index >= 15 is 0 Å². The zero-order chi connectivity index (χ0) is 12.8. The summed E-state index contributed by atoms with van der Waals surface area (Å²) in [6.45, 7) is 4.90. The average Bonchev–Trinajstić information content (AvgIpc) is 2.37. The maximum absolute atomic E-state index is 3.95. The fourth-order valence-electron chi connectivity index (χ4n) is 3.87.